The summed E-state index contributed by atoms with van der Waals surface area (Å²) < 4.78 is 0. The summed E-state index contributed by atoms with van der Waals surface area (Å²) in [4.78, 5) is 9.18. The standard InChI is InChI=1S/C16H30N4/c1-6-10-14-19-15(17-9-4)11-16(20-14)18-12(5)13(7-2)8-3/h11-13H,6-10H2,1-5H3,(H2,17,18,19,20). The molecule has 0 aliphatic heterocycles. The number of hydrogen-bond donors (Lipinski definition) is 2. The molecule has 0 amide bonds. The predicted octanol–water partition coefficient (Wildman–Crippen LogP) is 4.10. The van der Waals surface area contributed by atoms with Crippen molar-refractivity contribution in [3.8, 4) is 0 Å². The molecule has 0 aliphatic rings. The maximum Gasteiger partial charge on any atom is 0.133 e. The Bertz CT molecular complexity index is 364. The van der Waals surface area contributed by atoms with Crippen molar-refractivity contribution in [1.82, 2.24) is 9.97 Å². The summed E-state index contributed by atoms with van der Waals surface area (Å²) in [5.74, 6) is 3.47. The number of aromatic nitrogens is 2. The Hall–Kier alpha value is -1.32. The van der Waals surface area contributed by atoms with E-state index in [1.54, 1.807) is 0 Å². The van der Waals surface area contributed by atoms with Crippen LogP contribution < -0.4 is 10.6 Å². The van der Waals surface area contributed by atoms with Gasteiger partial charge in [-0.15, -0.1) is 0 Å². The van der Waals surface area contributed by atoms with E-state index in [0.717, 1.165) is 36.8 Å². The molecule has 1 heterocycles. The van der Waals surface area contributed by atoms with Gasteiger partial charge < -0.3 is 10.6 Å². The van der Waals surface area contributed by atoms with Crippen LogP contribution in [0.15, 0.2) is 6.07 Å². The first-order valence-corrected chi connectivity index (χ1v) is 8.02. The summed E-state index contributed by atoms with van der Waals surface area (Å²) in [7, 11) is 0. The summed E-state index contributed by atoms with van der Waals surface area (Å²) in [6.07, 6.45) is 4.37. The molecule has 1 aromatic heterocycles. The van der Waals surface area contributed by atoms with E-state index in [-0.39, 0.29) is 0 Å². The number of aryl methyl sites for hydroxylation is 1. The van der Waals surface area contributed by atoms with Crippen molar-refractivity contribution < 1.29 is 0 Å². The molecule has 4 nitrogen and oxygen atoms in total. The minimum absolute atomic E-state index is 0.434. The van der Waals surface area contributed by atoms with Crippen molar-refractivity contribution in [3.63, 3.8) is 0 Å². The van der Waals surface area contributed by atoms with Crippen LogP contribution in [0.1, 0.15) is 59.7 Å². The highest BCUT2D eigenvalue weighted by Crippen LogP contribution is 2.19. The van der Waals surface area contributed by atoms with Crippen LogP contribution in [-0.4, -0.2) is 22.6 Å². The SMILES string of the molecule is CCCc1nc(NCC)cc(NC(C)C(CC)CC)n1. The summed E-state index contributed by atoms with van der Waals surface area (Å²) >= 11 is 0. The molecule has 0 saturated carbocycles. The first kappa shape index (κ1) is 16.7. The quantitative estimate of drug-likeness (QED) is 0.714. The molecule has 0 radical (unpaired) electrons. The van der Waals surface area contributed by atoms with Gasteiger partial charge >= 0.3 is 0 Å². The largest absolute Gasteiger partial charge is 0.370 e. The molecule has 1 atom stereocenters. The zero-order chi connectivity index (χ0) is 15.0. The van der Waals surface area contributed by atoms with E-state index in [4.69, 9.17) is 0 Å². The lowest BCUT2D eigenvalue weighted by Gasteiger charge is -2.23. The molecule has 0 bridgehead atoms. The highest BCUT2D eigenvalue weighted by Gasteiger charge is 2.14. The first-order valence-electron chi connectivity index (χ1n) is 8.02. The molecule has 20 heavy (non-hydrogen) atoms. The number of nitrogens with one attached hydrogen (secondary N) is 2. The highest BCUT2D eigenvalue weighted by atomic mass is 15.1. The Morgan fingerprint density at radius 2 is 1.70 bits per heavy atom. The van der Waals surface area contributed by atoms with Gasteiger partial charge in [-0.05, 0) is 26.2 Å². The monoisotopic (exact) mass is 278 g/mol. The van der Waals surface area contributed by atoms with Crippen LogP contribution in [0.3, 0.4) is 0 Å². The molecule has 1 rings (SSSR count). The van der Waals surface area contributed by atoms with Crippen LogP contribution in [-0.2, 0) is 6.42 Å². The normalized spacial score (nSPS) is 12.5. The fraction of sp³-hybridized carbons (Fsp3) is 0.750. The zero-order valence-corrected chi connectivity index (χ0v) is 13.7. The van der Waals surface area contributed by atoms with Gasteiger partial charge in [-0.3, -0.25) is 0 Å². The van der Waals surface area contributed by atoms with Gasteiger partial charge in [0, 0.05) is 25.1 Å². The molecule has 4 heteroatoms. The molecule has 0 aliphatic carbocycles. The van der Waals surface area contributed by atoms with Gasteiger partial charge in [-0.25, -0.2) is 9.97 Å². The van der Waals surface area contributed by atoms with E-state index in [1.165, 1.54) is 12.8 Å². The van der Waals surface area contributed by atoms with Crippen molar-refractivity contribution in [2.45, 2.75) is 66.3 Å². The van der Waals surface area contributed by atoms with Gasteiger partial charge in [0.05, 0.1) is 0 Å². The third kappa shape index (κ3) is 4.99. The van der Waals surface area contributed by atoms with Crippen molar-refractivity contribution in [2.75, 3.05) is 17.2 Å². The summed E-state index contributed by atoms with van der Waals surface area (Å²) in [6.45, 7) is 11.9. The van der Waals surface area contributed by atoms with Crippen molar-refractivity contribution in [1.29, 1.82) is 0 Å². The fourth-order valence-electron chi connectivity index (χ4n) is 2.53. The number of nitrogens with zero attached hydrogens (tertiary/aromatic N) is 2. The third-order valence-electron chi connectivity index (χ3n) is 3.74. The Morgan fingerprint density at radius 1 is 1.05 bits per heavy atom. The molecule has 0 fully saturated rings. The van der Waals surface area contributed by atoms with Gasteiger partial charge in [0.1, 0.15) is 17.5 Å². The minimum Gasteiger partial charge on any atom is -0.370 e. The third-order valence-corrected chi connectivity index (χ3v) is 3.74. The van der Waals surface area contributed by atoms with Crippen molar-refractivity contribution >= 4 is 11.6 Å². The van der Waals surface area contributed by atoms with Gasteiger partial charge in [-0.2, -0.15) is 0 Å². The minimum atomic E-state index is 0.434. The fourth-order valence-corrected chi connectivity index (χ4v) is 2.53. The number of rotatable bonds is 9. The second kappa shape index (κ2) is 8.77. The highest BCUT2D eigenvalue weighted by molar-refractivity contribution is 5.48. The average Bonchev–Trinajstić information content (AvgIpc) is 2.40. The van der Waals surface area contributed by atoms with Crippen LogP contribution in [0, 0.1) is 5.92 Å². The Balaban J connectivity index is 2.86. The Kier molecular flexibility index (Phi) is 7.34. The van der Waals surface area contributed by atoms with E-state index >= 15 is 0 Å². The predicted molar refractivity (Wildman–Crippen MR) is 87.3 cm³/mol. The van der Waals surface area contributed by atoms with Gasteiger partial charge in [0.25, 0.3) is 0 Å². The molecule has 0 aromatic carbocycles. The second-order valence-electron chi connectivity index (χ2n) is 5.34. The van der Waals surface area contributed by atoms with Crippen LogP contribution in [0.5, 0.6) is 0 Å². The van der Waals surface area contributed by atoms with E-state index in [2.05, 4.69) is 55.2 Å². The van der Waals surface area contributed by atoms with Crippen molar-refractivity contribution in [3.05, 3.63) is 11.9 Å². The number of anilines is 2. The maximum atomic E-state index is 4.63. The molecule has 0 saturated heterocycles. The molecular formula is C16H30N4. The lowest BCUT2D eigenvalue weighted by molar-refractivity contribution is 0.437. The van der Waals surface area contributed by atoms with Gasteiger partial charge in [-0.1, -0.05) is 33.6 Å². The topological polar surface area (TPSA) is 49.8 Å². The van der Waals surface area contributed by atoms with Crippen LogP contribution in [0.4, 0.5) is 11.6 Å². The lowest BCUT2D eigenvalue weighted by atomic mass is 9.95. The van der Waals surface area contributed by atoms with E-state index in [0.29, 0.717) is 12.0 Å². The molecule has 1 aromatic rings. The number of hydrogen-bond acceptors (Lipinski definition) is 4. The molecule has 1 unspecified atom stereocenters. The van der Waals surface area contributed by atoms with Gasteiger partial charge in [0.2, 0.25) is 0 Å². The van der Waals surface area contributed by atoms with Crippen LogP contribution >= 0.6 is 0 Å². The van der Waals surface area contributed by atoms with Crippen LogP contribution in [0.2, 0.25) is 0 Å². The van der Waals surface area contributed by atoms with E-state index < -0.39 is 0 Å². The van der Waals surface area contributed by atoms with E-state index in [9.17, 15) is 0 Å². The van der Waals surface area contributed by atoms with Gasteiger partial charge in [0.15, 0.2) is 0 Å². The van der Waals surface area contributed by atoms with E-state index in [1.807, 2.05) is 6.07 Å². The molecule has 0 spiro atoms. The molecular weight excluding hydrogens is 248 g/mol. The summed E-state index contributed by atoms with van der Waals surface area (Å²) in [5.41, 5.74) is 0. The molecule has 2 N–H and O–H groups in total. The average molecular weight is 278 g/mol. The van der Waals surface area contributed by atoms with Crippen LogP contribution in [0.25, 0.3) is 0 Å². The Morgan fingerprint density at radius 3 is 2.25 bits per heavy atom. The second-order valence-corrected chi connectivity index (χ2v) is 5.34. The maximum absolute atomic E-state index is 4.63. The molecule has 114 valence electrons. The lowest BCUT2D eigenvalue weighted by Crippen LogP contribution is -2.26. The Labute approximate surface area is 123 Å². The smallest absolute Gasteiger partial charge is 0.133 e. The van der Waals surface area contributed by atoms with Crippen molar-refractivity contribution in [2.24, 2.45) is 5.92 Å². The summed E-state index contributed by atoms with van der Waals surface area (Å²) in [6, 6.07) is 2.45. The zero-order valence-electron chi connectivity index (χ0n) is 13.7. The summed E-state index contributed by atoms with van der Waals surface area (Å²) in [5, 5.41) is 6.84. The first-order chi connectivity index (χ1) is 9.64.